The molecule has 2 heteroatoms. The van der Waals surface area contributed by atoms with Crippen molar-refractivity contribution >= 4 is 0 Å². The van der Waals surface area contributed by atoms with E-state index in [1.165, 1.54) is 11.6 Å². The van der Waals surface area contributed by atoms with Crippen LogP contribution < -0.4 is 5.32 Å². The van der Waals surface area contributed by atoms with Gasteiger partial charge < -0.3 is 5.32 Å². The molecule has 18 heavy (non-hydrogen) atoms. The second-order valence-corrected chi connectivity index (χ2v) is 4.83. The van der Waals surface area contributed by atoms with Crippen molar-refractivity contribution in [2.24, 2.45) is 0 Å². The minimum absolute atomic E-state index is 0.123. The van der Waals surface area contributed by atoms with Crippen molar-refractivity contribution in [2.45, 2.75) is 24.9 Å². The monoisotopic (exact) mass is 241 g/mol. The molecule has 0 radical (unpaired) electrons. The lowest BCUT2D eigenvalue weighted by molar-refractivity contribution is 0.584. The van der Waals surface area contributed by atoms with Crippen LogP contribution in [0, 0.1) is 5.82 Å². The molecule has 92 valence electrons. The summed E-state index contributed by atoms with van der Waals surface area (Å²) in [6, 6.07) is 17.9. The third-order valence-corrected chi connectivity index (χ3v) is 3.53. The van der Waals surface area contributed by atoms with E-state index in [0.29, 0.717) is 18.5 Å². The van der Waals surface area contributed by atoms with Gasteiger partial charge in [0.1, 0.15) is 5.82 Å². The van der Waals surface area contributed by atoms with Crippen molar-refractivity contribution in [1.29, 1.82) is 0 Å². The zero-order valence-corrected chi connectivity index (χ0v) is 10.1. The summed E-state index contributed by atoms with van der Waals surface area (Å²) in [5, 5.41) is 3.42. The molecule has 0 aromatic heterocycles. The maximum atomic E-state index is 13.4. The molecule has 0 unspecified atom stereocenters. The van der Waals surface area contributed by atoms with E-state index in [9.17, 15) is 4.39 Å². The van der Waals surface area contributed by atoms with E-state index < -0.39 is 0 Å². The lowest BCUT2D eigenvalue weighted by Crippen LogP contribution is -2.18. The van der Waals surface area contributed by atoms with Crippen LogP contribution in [0.15, 0.2) is 54.6 Å². The number of nitrogens with one attached hydrogen (secondary N) is 1. The topological polar surface area (TPSA) is 12.0 Å². The molecule has 0 spiro atoms. The summed E-state index contributed by atoms with van der Waals surface area (Å²) in [4.78, 5) is 0. The number of benzene rings is 2. The fraction of sp³-hybridized carbons (Fsp3) is 0.250. The van der Waals surface area contributed by atoms with Gasteiger partial charge in [0, 0.05) is 24.1 Å². The van der Waals surface area contributed by atoms with Crippen molar-refractivity contribution in [3.8, 4) is 0 Å². The Morgan fingerprint density at radius 2 is 1.72 bits per heavy atom. The summed E-state index contributed by atoms with van der Waals surface area (Å²) >= 11 is 0. The Balaban J connectivity index is 1.56. The highest BCUT2D eigenvalue weighted by Crippen LogP contribution is 2.40. The van der Waals surface area contributed by atoms with Crippen LogP contribution in [0.2, 0.25) is 0 Å². The SMILES string of the molecule is Fc1ccccc1CN[C@H]1C[C@@H]1c1ccccc1. The summed E-state index contributed by atoms with van der Waals surface area (Å²) in [5.41, 5.74) is 2.12. The highest BCUT2D eigenvalue weighted by molar-refractivity contribution is 5.28. The molecule has 1 aliphatic carbocycles. The van der Waals surface area contributed by atoms with Crippen LogP contribution in [-0.4, -0.2) is 6.04 Å². The van der Waals surface area contributed by atoms with E-state index in [1.54, 1.807) is 6.07 Å². The van der Waals surface area contributed by atoms with Gasteiger partial charge in [-0.1, -0.05) is 48.5 Å². The Kier molecular flexibility index (Phi) is 3.11. The first-order valence-corrected chi connectivity index (χ1v) is 6.36. The van der Waals surface area contributed by atoms with Crippen LogP contribution in [0.25, 0.3) is 0 Å². The Morgan fingerprint density at radius 1 is 1.00 bits per heavy atom. The van der Waals surface area contributed by atoms with Gasteiger partial charge in [-0.05, 0) is 18.1 Å². The first-order chi connectivity index (χ1) is 8.84. The molecule has 3 rings (SSSR count). The molecule has 0 heterocycles. The van der Waals surface area contributed by atoms with Crippen molar-refractivity contribution in [1.82, 2.24) is 5.32 Å². The van der Waals surface area contributed by atoms with Crippen LogP contribution in [0.4, 0.5) is 4.39 Å². The van der Waals surface area contributed by atoms with Crippen LogP contribution in [0.5, 0.6) is 0 Å². The van der Waals surface area contributed by atoms with Crippen LogP contribution in [-0.2, 0) is 6.54 Å². The summed E-state index contributed by atoms with van der Waals surface area (Å²) in [5.74, 6) is 0.472. The normalized spacial score (nSPS) is 21.8. The Morgan fingerprint density at radius 3 is 2.50 bits per heavy atom. The summed E-state index contributed by atoms with van der Waals surface area (Å²) in [7, 11) is 0. The zero-order chi connectivity index (χ0) is 12.4. The number of rotatable bonds is 4. The molecule has 1 nitrogen and oxygen atoms in total. The van der Waals surface area contributed by atoms with Gasteiger partial charge in [-0.3, -0.25) is 0 Å². The molecular weight excluding hydrogens is 225 g/mol. The molecule has 2 aromatic rings. The van der Waals surface area contributed by atoms with Gasteiger partial charge in [0.2, 0.25) is 0 Å². The second kappa shape index (κ2) is 4.91. The average molecular weight is 241 g/mol. The molecule has 0 bridgehead atoms. The molecule has 0 aliphatic heterocycles. The smallest absolute Gasteiger partial charge is 0.127 e. The molecule has 0 saturated heterocycles. The predicted octanol–water partition coefficient (Wildman–Crippen LogP) is 3.47. The van der Waals surface area contributed by atoms with Gasteiger partial charge in [0.15, 0.2) is 0 Å². The van der Waals surface area contributed by atoms with E-state index >= 15 is 0 Å². The Bertz CT molecular complexity index is 524. The zero-order valence-electron chi connectivity index (χ0n) is 10.1. The summed E-state index contributed by atoms with van der Waals surface area (Å²) in [6.07, 6.45) is 1.15. The van der Waals surface area contributed by atoms with Crippen molar-refractivity contribution in [2.75, 3.05) is 0 Å². The largest absolute Gasteiger partial charge is 0.309 e. The Labute approximate surface area is 107 Å². The van der Waals surface area contributed by atoms with E-state index in [4.69, 9.17) is 0 Å². The number of hydrogen-bond acceptors (Lipinski definition) is 1. The predicted molar refractivity (Wildman–Crippen MR) is 70.8 cm³/mol. The maximum absolute atomic E-state index is 13.4. The first kappa shape index (κ1) is 11.4. The van der Waals surface area contributed by atoms with E-state index in [-0.39, 0.29) is 5.82 Å². The van der Waals surface area contributed by atoms with E-state index in [1.807, 2.05) is 18.2 Å². The van der Waals surface area contributed by atoms with Gasteiger partial charge in [-0.2, -0.15) is 0 Å². The van der Waals surface area contributed by atoms with Crippen LogP contribution in [0.3, 0.4) is 0 Å². The average Bonchev–Trinajstić information content (AvgIpc) is 3.18. The highest BCUT2D eigenvalue weighted by atomic mass is 19.1. The molecule has 1 saturated carbocycles. The third kappa shape index (κ3) is 2.44. The number of halogens is 1. The first-order valence-electron chi connectivity index (χ1n) is 6.36. The summed E-state index contributed by atoms with van der Waals surface area (Å²) < 4.78 is 13.4. The third-order valence-electron chi connectivity index (χ3n) is 3.53. The minimum Gasteiger partial charge on any atom is -0.309 e. The molecule has 1 aliphatic rings. The highest BCUT2D eigenvalue weighted by Gasteiger charge is 2.37. The van der Waals surface area contributed by atoms with Gasteiger partial charge in [0.25, 0.3) is 0 Å². The molecule has 1 N–H and O–H groups in total. The standard InChI is InChI=1S/C16H16FN/c17-15-9-5-4-8-13(15)11-18-16-10-14(16)12-6-2-1-3-7-12/h1-9,14,16,18H,10-11H2/t14-,16+/m1/s1. The van der Waals surface area contributed by atoms with Gasteiger partial charge >= 0.3 is 0 Å². The molecular formula is C16H16FN. The van der Waals surface area contributed by atoms with Crippen molar-refractivity contribution in [3.63, 3.8) is 0 Å². The molecule has 2 aromatic carbocycles. The lowest BCUT2D eigenvalue weighted by atomic mass is 10.1. The van der Waals surface area contributed by atoms with Gasteiger partial charge in [0.05, 0.1) is 0 Å². The van der Waals surface area contributed by atoms with E-state index in [2.05, 4.69) is 29.6 Å². The van der Waals surface area contributed by atoms with Crippen LogP contribution in [0.1, 0.15) is 23.5 Å². The molecule has 0 amide bonds. The number of hydrogen-bond donors (Lipinski definition) is 1. The van der Waals surface area contributed by atoms with E-state index in [0.717, 1.165) is 12.0 Å². The lowest BCUT2D eigenvalue weighted by Gasteiger charge is -2.05. The quantitative estimate of drug-likeness (QED) is 0.864. The van der Waals surface area contributed by atoms with Crippen molar-refractivity contribution < 1.29 is 4.39 Å². The molecule has 1 fully saturated rings. The maximum Gasteiger partial charge on any atom is 0.127 e. The summed E-state index contributed by atoms with van der Waals surface area (Å²) in [6.45, 7) is 0.612. The fourth-order valence-corrected chi connectivity index (χ4v) is 2.37. The minimum atomic E-state index is -0.123. The van der Waals surface area contributed by atoms with Crippen LogP contribution >= 0.6 is 0 Å². The Hall–Kier alpha value is -1.67. The second-order valence-electron chi connectivity index (χ2n) is 4.83. The molecule has 2 atom stereocenters. The fourth-order valence-electron chi connectivity index (χ4n) is 2.37. The van der Waals surface area contributed by atoms with Gasteiger partial charge in [-0.15, -0.1) is 0 Å². The van der Waals surface area contributed by atoms with Crippen molar-refractivity contribution in [3.05, 3.63) is 71.5 Å². The van der Waals surface area contributed by atoms with Gasteiger partial charge in [-0.25, -0.2) is 4.39 Å².